The second-order valence-electron chi connectivity index (χ2n) is 6.53. The number of aromatic carboxylic acids is 1. The number of alkyl halides is 1. The molecule has 8 heteroatoms. The number of halogens is 1. The minimum absolute atomic E-state index is 0.0519. The Morgan fingerprint density at radius 2 is 1.67 bits per heavy atom. The number of methoxy groups -OCH3 is 1. The molecule has 30 heavy (non-hydrogen) atoms. The molecule has 1 atom stereocenters. The van der Waals surface area contributed by atoms with Gasteiger partial charge in [0.05, 0.1) is 19.0 Å². The fourth-order valence-corrected chi connectivity index (χ4v) is 3.51. The first-order valence-corrected chi connectivity index (χ1v) is 10.4. The Morgan fingerprint density at radius 1 is 1.03 bits per heavy atom. The van der Waals surface area contributed by atoms with Crippen molar-refractivity contribution < 1.29 is 19.4 Å². The molecular formula is C22H18IN3O4. The molecule has 0 fully saturated rings. The molecular weight excluding hydrogens is 497 g/mol. The first-order chi connectivity index (χ1) is 14.5. The lowest BCUT2D eigenvalue weighted by atomic mass is 10.0. The summed E-state index contributed by atoms with van der Waals surface area (Å²) in [5.74, 6) is 0.431. The molecule has 2 aromatic heterocycles. The van der Waals surface area contributed by atoms with Gasteiger partial charge < -0.3 is 14.6 Å². The number of aromatic nitrogens is 3. The molecule has 0 amide bonds. The van der Waals surface area contributed by atoms with Gasteiger partial charge in [0.15, 0.2) is 5.65 Å². The zero-order valence-electron chi connectivity index (χ0n) is 16.2. The van der Waals surface area contributed by atoms with Crippen LogP contribution in [0.1, 0.15) is 17.3 Å². The van der Waals surface area contributed by atoms with Gasteiger partial charge >= 0.3 is 5.97 Å². The van der Waals surface area contributed by atoms with Crippen LogP contribution in [-0.4, -0.2) is 36.9 Å². The van der Waals surface area contributed by atoms with Gasteiger partial charge in [-0.3, -0.25) is 0 Å². The summed E-state index contributed by atoms with van der Waals surface area (Å²) in [5.41, 5.74) is 3.68. The molecule has 0 radical (unpaired) electrons. The van der Waals surface area contributed by atoms with Crippen molar-refractivity contribution >= 4 is 34.2 Å². The van der Waals surface area contributed by atoms with Crippen LogP contribution in [0.2, 0.25) is 0 Å². The largest absolute Gasteiger partial charge is 0.497 e. The molecule has 0 saturated heterocycles. The number of nitrogens with zero attached hydrogens (tertiary/aromatic N) is 3. The lowest BCUT2D eigenvalue weighted by Crippen LogP contribution is -2.03. The average Bonchev–Trinajstić information content (AvgIpc) is 3.18. The van der Waals surface area contributed by atoms with Gasteiger partial charge in [-0.2, -0.15) is 5.10 Å². The van der Waals surface area contributed by atoms with Crippen LogP contribution in [0.5, 0.6) is 11.5 Å². The zero-order valence-corrected chi connectivity index (χ0v) is 18.4. The van der Waals surface area contributed by atoms with E-state index in [0.717, 1.165) is 33.9 Å². The highest BCUT2D eigenvalue weighted by molar-refractivity contribution is 14.1. The molecule has 1 unspecified atom stereocenters. The van der Waals surface area contributed by atoms with Crippen molar-refractivity contribution in [1.82, 2.24) is 14.6 Å². The van der Waals surface area contributed by atoms with Crippen LogP contribution >= 0.6 is 22.6 Å². The highest BCUT2D eigenvalue weighted by Gasteiger charge is 2.19. The lowest BCUT2D eigenvalue weighted by Gasteiger charge is -2.14. The van der Waals surface area contributed by atoms with E-state index >= 15 is 0 Å². The Morgan fingerprint density at radius 3 is 2.27 bits per heavy atom. The normalized spacial score (nSPS) is 12.0. The maximum Gasteiger partial charge on any atom is 0.341 e. The number of carboxylic acid groups (broad SMARTS) is 1. The van der Waals surface area contributed by atoms with Gasteiger partial charge in [-0.15, -0.1) is 0 Å². The van der Waals surface area contributed by atoms with Crippen molar-refractivity contribution in [2.24, 2.45) is 0 Å². The number of carbonyl (C=O) groups is 1. The van der Waals surface area contributed by atoms with E-state index in [-0.39, 0.29) is 15.3 Å². The van der Waals surface area contributed by atoms with E-state index in [2.05, 4.69) is 32.7 Å². The van der Waals surface area contributed by atoms with Crippen molar-refractivity contribution in [2.45, 2.75) is 11.0 Å². The predicted octanol–water partition coefficient (Wildman–Crippen LogP) is 4.93. The molecule has 0 aliphatic heterocycles. The minimum Gasteiger partial charge on any atom is -0.497 e. The second kappa shape index (κ2) is 8.31. The summed E-state index contributed by atoms with van der Waals surface area (Å²) >= 11 is 2.20. The molecule has 4 rings (SSSR count). The molecule has 1 N–H and O–H groups in total. The molecule has 0 bridgehead atoms. The fraction of sp³-hybridized carbons (Fsp3) is 0.136. The number of rotatable bonds is 6. The van der Waals surface area contributed by atoms with Crippen LogP contribution < -0.4 is 9.47 Å². The second-order valence-corrected chi connectivity index (χ2v) is 8.29. The molecule has 2 aromatic carbocycles. The molecule has 2 heterocycles. The van der Waals surface area contributed by atoms with Crippen LogP contribution in [0.15, 0.2) is 60.9 Å². The molecule has 0 spiro atoms. The third-order valence-electron chi connectivity index (χ3n) is 4.58. The predicted molar refractivity (Wildman–Crippen MR) is 121 cm³/mol. The quantitative estimate of drug-likeness (QED) is 0.290. The van der Waals surface area contributed by atoms with E-state index in [0.29, 0.717) is 0 Å². The lowest BCUT2D eigenvalue weighted by molar-refractivity contribution is 0.0698. The maximum atomic E-state index is 11.6. The first-order valence-electron chi connectivity index (χ1n) is 9.13. The van der Waals surface area contributed by atoms with Gasteiger partial charge in [0.1, 0.15) is 21.2 Å². The van der Waals surface area contributed by atoms with Crippen LogP contribution in [0.25, 0.3) is 28.0 Å². The van der Waals surface area contributed by atoms with E-state index < -0.39 is 5.97 Å². The summed E-state index contributed by atoms with van der Waals surface area (Å²) < 4.78 is 12.6. The number of hydrogen-bond acceptors (Lipinski definition) is 5. The summed E-state index contributed by atoms with van der Waals surface area (Å²) in [6, 6.07) is 15.2. The Balaban J connectivity index is 1.91. The molecule has 4 aromatic rings. The van der Waals surface area contributed by atoms with Gasteiger partial charge in [-0.05, 0) is 71.5 Å². The Hall–Kier alpha value is -3.14. The van der Waals surface area contributed by atoms with Crippen LogP contribution in [-0.2, 0) is 0 Å². The zero-order chi connectivity index (χ0) is 21.3. The first kappa shape index (κ1) is 20.1. The van der Waals surface area contributed by atoms with Crippen molar-refractivity contribution in [3.8, 4) is 33.9 Å². The number of benzene rings is 2. The van der Waals surface area contributed by atoms with Crippen molar-refractivity contribution in [1.29, 1.82) is 0 Å². The van der Waals surface area contributed by atoms with Crippen LogP contribution in [0.4, 0.5) is 0 Å². The smallest absolute Gasteiger partial charge is 0.341 e. The van der Waals surface area contributed by atoms with Crippen LogP contribution in [0, 0.1) is 0 Å². The molecule has 0 aliphatic rings. The average molecular weight is 515 g/mol. The Labute approximate surface area is 186 Å². The fourth-order valence-electron chi connectivity index (χ4n) is 3.22. The van der Waals surface area contributed by atoms with Crippen molar-refractivity contribution in [2.75, 3.05) is 7.11 Å². The summed E-state index contributed by atoms with van der Waals surface area (Å²) in [5, 5.41) is 13.8. The number of ether oxygens (including phenoxy) is 2. The summed E-state index contributed by atoms with van der Waals surface area (Å²) in [6.45, 7) is 1.96. The maximum absolute atomic E-state index is 11.6. The van der Waals surface area contributed by atoms with Gasteiger partial charge in [-0.25, -0.2) is 14.3 Å². The number of hydrogen-bond donors (Lipinski definition) is 1. The highest BCUT2D eigenvalue weighted by Crippen LogP contribution is 2.34. The monoisotopic (exact) mass is 515 g/mol. The Bertz CT molecular complexity index is 1200. The van der Waals surface area contributed by atoms with Gasteiger partial charge in [-0.1, -0.05) is 12.1 Å². The van der Waals surface area contributed by atoms with Crippen molar-refractivity contribution in [3.05, 3.63) is 66.5 Å². The standard InChI is InChI=1S/C22H18IN3O4/c1-13(23)30-17-9-3-14(4-10-17)18-11-24-21-19(22(27)28)12-25-26(21)20(18)15-5-7-16(29-2)8-6-15/h3-13H,1-2H3,(H,27,28). The summed E-state index contributed by atoms with van der Waals surface area (Å²) in [4.78, 5) is 16.0. The third-order valence-corrected chi connectivity index (χ3v) is 4.84. The topological polar surface area (TPSA) is 86.0 Å². The van der Waals surface area contributed by atoms with E-state index in [1.54, 1.807) is 17.8 Å². The van der Waals surface area contributed by atoms with Gasteiger partial charge in [0, 0.05) is 17.3 Å². The Kier molecular flexibility index (Phi) is 5.58. The van der Waals surface area contributed by atoms with E-state index in [1.807, 2.05) is 55.5 Å². The van der Waals surface area contributed by atoms with E-state index in [9.17, 15) is 9.90 Å². The van der Waals surface area contributed by atoms with E-state index in [1.165, 1.54) is 6.20 Å². The van der Waals surface area contributed by atoms with E-state index in [4.69, 9.17) is 9.47 Å². The number of carboxylic acids is 1. The van der Waals surface area contributed by atoms with Crippen LogP contribution in [0.3, 0.4) is 0 Å². The number of fused-ring (bicyclic) bond motifs is 1. The summed E-state index contributed by atoms with van der Waals surface area (Å²) in [7, 11) is 1.61. The SMILES string of the molecule is COc1ccc(-c2c(-c3ccc(OC(C)I)cc3)cnc3c(C(=O)O)cnn23)cc1. The third kappa shape index (κ3) is 3.82. The van der Waals surface area contributed by atoms with Gasteiger partial charge in [0.25, 0.3) is 0 Å². The molecule has 7 nitrogen and oxygen atoms in total. The minimum atomic E-state index is -1.07. The molecule has 0 aliphatic carbocycles. The molecule has 0 saturated carbocycles. The molecule has 152 valence electrons. The highest BCUT2D eigenvalue weighted by atomic mass is 127. The van der Waals surface area contributed by atoms with Gasteiger partial charge in [0.2, 0.25) is 0 Å². The summed E-state index contributed by atoms with van der Waals surface area (Å²) in [6.07, 6.45) is 3.00. The van der Waals surface area contributed by atoms with Crippen molar-refractivity contribution in [3.63, 3.8) is 0 Å².